The number of aromatic nitrogens is 1. The molecule has 3 heteroatoms. The molecule has 0 N–H and O–H groups in total. The van der Waals surface area contributed by atoms with Gasteiger partial charge in [-0.15, -0.1) is 0 Å². The highest BCUT2D eigenvalue weighted by molar-refractivity contribution is 5.64. The van der Waals surface area contributed by atoms with E-state index in [1.165, 1.54) is 12.8 Å². The van der Waals surface area contributed by atoms with E-state index in [0.717, 1.165) is 45.5 Å². The summed E-state index contributed by atoms with van der Waals surface area (Å²) >= 11 is 0. The Morgan fingerprint density at radius 1 is 0.451 bits per heavy atom. The van der Waals surface area contributed by atoms with Gasteiger partial charge in [0.1, 0.15) is 6.54 Å². The van der Waals surface area contributed by atoms with E-state index in [1.54, 1.807) is 0 Å². The van der Waals surface area contributed by atoms with Crippen molar-refractivity contribution in [3.05, 3.63) is 251 Å². The van der Waals surface area contributed by atoms with E-state index in [0.29, 0.717) is 0 Å². The van der Waals surface area contributed by atoms with Crippen molar-refractivity contribution in [2.24, 2.45) is 0 Å². The molecule has 7 rings (SSSR count). The van der Waals surface area contributed by atoms with E-state index in [4.69, 9.17) is 10.6 Å². The number of benzene rings is 6. The predicted molar refractivity (Wildman–Crippen MR) is 208 cm³/mol. The molecular formula is C48H43N3. The number of rotatable bonds is 11. The molecule has 0 fully saturated rings. The van der Waals surface area contributed by atoms with Gasteiger partial charge in [0.2, 0.25) is 0 Å². The maximum atomic E-state index is 8.55. The summed E-state index contributed by atoms with van der Waals surface area (Å²) in [5.74, 6) is 0. The van der Waals surface area contributed by atoms with Gasteiger partial charge in [0.25, 0.3) is 0 Å². The number of pyridine rings is 1. The Hall–Kier alpha value is -6.08. The molecule has 0 aliphatic carbocycles. The minimum absolute atomic E-state index is 0.725. The molecule has 7 aromatic rings. The summed E-state index contributed by atoms with van der Waals surface area (Å²) in [6.45, 7) is 3.21. The van der Waals surface area contributed by atoms with Crippen LogP contribution in [0.4, 0.5) is 0 Å². The van der Waals surface area contributed by atoms with Crippen LogP contribution in [0.2, 0.25) is 0 Å². The second-order valence-electron chi connectivity index (χ2n) is 12.5. The van der Waals surface area contributed by atoms with E-state index in [1.807, 2.05) is 24.5 Å². The smallest absolute Gasteiger partial charge is 0.170 e. The van der Waals surface area contributed by atoms with Gasteiger partial charge in [0.05, 0.1) is 11.6 Å². The molecule has 0 bridgehead atoms. The number of nitriles is 1. The normalized spacial score (nSPS) is 11.1. The Bertz CT molecular complexity index is 1760. The Kier molecular flexibility index (Phi) is 11.6. The monoisotopic (exact) mass is 661 g/mol. The van der Waals surface area contributed by atoms with Crippen molar-refractivity contribution in [3.8, 4) is 6.07 Å². The fourth-order valence-electron chi connectivity index (χ4n) is 6.74. The molecule has 0 spiro atoms. The fraction of sp³-hybridized carbons (Fsp3) is 0.125. The molecule has 6 aromatic carbocycles. The third-order valence-electron chi connectivity index (χ3n) is 9.27. The summed E-state index contributed by atoms with van der Waals surface area (Å²) in [4.78, 5) is 0. The maximum absolute atomic E-state index is 8.55. The average molecular weight is 662 g/mol. The first-order valence-corrected chi connectivity index (χ1v) is 17.7. The molecule has 0 aliphatic heterocycles. The lowest BCUT2D eigenvalue weighted by molar-refractivity contribution is -0.697. The Labute approximate surface area is 303 Å². The lowest BCUT2D eigenvalue weighted by atomic mass is 9.70. The molecular weight excluding hydrogens is 619 g/mol. The van der Waals surface area contributed by atoms with Crippen molar-refractivity contribution in [2.75, 3.05) is 0 Å². The van der Waals surface area contributed by atoms with Crippen molar-refractivity contribution in [1.29, 1.82) is 5.26 Å². The lowest BCUT2D eigenvalue weighted by Crippen LogP contribution is -2.39. The summed E-state index contributed by atoms with van der Waals surface area (Å²) in [6.07, 6.45) is 6.30. The topological polar surface area (TPSA) is 41.8 Å². The Balaban J connectivity index is 0.000000318. The van der Waals surface area contributed by atoms with Crippen LogP contribution in [0, 0.1) is 11.3 Å². The molecule has 1 aromatic heterocycles. The SMILES string of the molecule is CCCC[n+]1ccc(C#N)cc1.c1ccc(C([N-]C(c2ccccc2)(c2ccccc2)c2ccccc2)(c2ccccc2)c2ccccc2)cc1. The minimum Gasteiger partial charge on any atom is -0.628 e. The first kappa shape index (κ1) is 34.8. The fourth-order valence-corrected chi connectivity index (χ4v) is 6.74. The van der Waals surface area contributed by atoms with Crippen molar-refractivity contribution in [2.45, 2.75) is 37.4 Å². The molecule has 0 aliphatic rings. The van der Waals surface area contributed by atoms with Crippen molar-refractivity contribution in [3.63, 3.8) is 0 Å². The van der Waals surface area contributed by atoms with Crippen LogP contribution in [0.15, 0.2) is 207 Å². The zero-order valence-electron chi connectivity index (χ0n) is 29.1. The predicted octanol–water partition coefficient (Wildman–Crippen LogP) is 11.0. The highest BCUT2D eigenvalue weighted by Gasteiger charge is 2.36. The summed E-state index contributed by atoms with van der Waals surface area (Å²) in [7, 11) is 0. The molecule has 1 heterocycles. The largest absolute Gasteiger partial charge is 0.628 e. The van der Waals surface area contributed by atoms with Crippen molar-refractivity contribution >= 4 is 0 Å². The molecule has 0 saturated heterocycles. The third-order valence-corrected chi connectivity index (χ3v) is 9.27. The summed E-state index contributed by atoms with van der Waals surface area (Å²) < 4.78 is 2.10. The van der Waals surface area contributed by atoms with Crippen LogP contribution in [0.5, 0.6) is 0 Å². The lowest BCUT2D eigenvalue weighted by Gasteiger charge is -2.60. The quantitative estimate of drug-likeness (QED) is 0.100. The minimum atomic E-state index is -0.800. The van der Waals surface area contributed by atoms with Crippen LogP contribution >= 0.6 is 0 Å². The number of unbranched alkanes of at least 4 members (excludes halogenated alkanes) is 1. The molecule has 0 amide bonds. The van der Waals surface area contributed by atoms with E-state index in [-0.39, 0.29) is 0 Å². The second-order valence-corrected chi connectivity index (χ2v) is 12.5. The van der Waals surface area contributed by atoms with E-state index >= 15 is 0 Å². The van der Waals surface area contributed by atoms with Gasteiger partial charge < -0.3 is 5.32 Å². The standard InChI is InChI=1S/C38H30N.C10H13N2/c1-7-19-31(20-8-1)37(32-21-9-2-10-22-32,33-23-11-3-12-24-33)39-38(34-25-13-4-14-26-34,35-27-15-5-16-28-35)36-29-17-6-18-30-36;1-2-3-6-12-7-4-10(9-11)5-8-12/h1-30H;4-5,7-8H,2-3,6H2,1H3/q-1;+1. The summed E-state index contributed by atoms with van der Waals surface area (Å²) in [5.41, 5.74) is 5.84. The molecule has 0 saturated carbocycles. The van der Waals surface area contributed by atoms with Gasteiger partial charge in [-0.1, -0.05) is 229 Å². The van der Waals surface area contributed by atoms with Gasteiger partial charge in [-0.05, 0) is 11.1 Å². The summed E-state index contributed by atoms with van der Waals surface area (Å²) in [5, 5.41) is 14.7. The number of hydrogen-bond acceptors (Lipinski definition) is 1. The molecule has 3 nitrogen and oxygen atoms in total. The second kappa shape index (κ2) is 17.0. The number of hydrogen-bond donors (Lipinski definition) is 0. The number of nitrogens with zero attached hydrogens (tertiary/aromatic N) is 3. The molecule has 0 atom stereocenters. The molecule has 250 valence electrons. The molecule has 51 heavy (non-hydrogen) atoms. The van der Waals surface area contributed by atoms with Gasteiger partial charge in [-0.3, -0.25) is 0 Å². The maximum Gasteiger partial charge on any atom is 0.170 e. The van der Waals surface area contributed by atoms with Crippen molar-refractivity contribution in [1.82, 2.24) is 0 Å². The van der Waals surface area contributed by atoms with Crippen LogP contribution in [0.25, 0.3) is 5.32 Å². The zero-order valence-corrected chi connectivity index (χ0v) is 29.1. The van der Waals surface area contributed by atoms with Gasteiger partial charge >= 0.3 is 0 Å². The van der Waals surface area contributed by atoms with E-state index in [9.17, 15) is 0 Å². The molecule has 0 radical (unpaired) electrons. The Morgan fingerprint density at radius 3 is 0.961 bits per heavy atom. The van der Waals surface area contributed by atoms with Gasteiger partial charge in [-0.2, -0.15) is 5.26 Å². The first-order chi connectivity index (χ1) is 25.2. The van der Waals surface area contributed by atoms with Gasteiger partial charge in [0, 0.05) is 18.6 Å². The van der Waals surface area contributed by atoms with Crippen LogP contribution in [0.1, 0.15) is 58.7 Å². The molecule has 0 unspecified atom stereocenters. The van der Waals surface area contributed by atoms with Crippen LogP contribution in [-0.2, 0) is 17.6 Å². The number of aryl methyl sites for hydroxylation is 1. The van der Waals surface area contributed by atoms with Crippen LogP contribution in [-0.4, -0.2) is 0 Å². The van der Waals surface area contributed by atoms with Crippen LogP contribution in [0.3, 0.4) is 0 Å². The summed E-state index contributed by atoms with van der Waals surface area (Å²) in [6, 6.07) is 70.0. The van der Waals surface area contributed by atoms with E-state index in [2.05, 4.69) is 200 Å². The highest BCUT2D eigenvalue weighted by atomic mass is 15.1. The van der Waals surface area contributed by atoms with Gasteiger partial charge in [0.15, 0.2) is 12.4 Å². The highest BCUT2D eigenvalue weighted by Crippen LogP contribution is 2.55. The third kappa shape index (κ3) is 7.73. The first-order valence-electron chi connectivity index (χ1n) is 17.7. The van der Waals surface area contributed by atoms with Gasteiger partial charge in [-0.25, -0.2) is 4.57 Å². The zero-order chi connectivity index (χ0) is 35.2. The van der Waals surface area contributed by atoms with E-state index < -0.39 is 11.1 Å². The average Bonchev–Trinajstić information content (AvgIpc) is 3.23. The Morgan fingerprint density at radius 2 is 0.725 bits per heavy atom. The van der Waals surface area contributed by atoms with Crippen LogP contribution < -0.4 is 4.57 Å². The van der Waals surface area contributed by atoms with Crippen molar-refractivity contribution < 1.29 is 4.57 Å².